The van der Waals surface area contributed by atoms with E-state index in [1.54, 1.807) is 32.4 Å². The highest BCUT2D eigenvalue weighted by atomic mass is 35.5. The summed E-state index contributed by atoms with van der Waals surface area (Å²) >= 11 is 12.0. The fourth-order valence-corrected chi connectivity index (χ4v) is 5.84. The smallest absolute Gasteiger partial charge is 0.411 e. The quantitative estimate of drug-likeness (QED) is 0.305. The third-order valence-corrected chi connectivity index (χ3v) is 8.19. The molecule has 1 aliphatic heterocycles. The summed E-state index contributed by atoms with van der Waals surface area (Å²) in [5, 5.41) is 11.7. The van der Waals surface area contributed by atoms with Gasteiger partial charge >= 0.3 is 6.09 Å². The lowest BCUT2D eigenvalue weighted by molar-refractivity contribution is -0.126. The standard InChI is InChI=1S/C30H34Cl2FN5O3/c1-17(23-12-21(31)13-24(32)27(23)33)34-28(39)26-14-22(15-37(26)29(40)41-30(2,3)4)38-16-25(35-36-38)20-10-6-9-19(11-20)18-7-5-8-18/h6,9-13,16-18,22,26H,5,7-8,14-15H2,1-4H3,(H,34,39)/t17?,22?,26-/m1/s1. The minimum atomic E-state index is -0.871. The summed E-state index contributed by atoms with van der Waals surface area (Å²) in [5.74, 6) is -0.510. The van der Waals surface area contributed by atoms with Gasteiger partial charge in [-0.15, -0.1) is 5.10 Å². The molecule has 1 aromatic heterocycles. The molecule has 0 spiro atoms. The first kappa shape index (κ1) is 29.3. The number of halogens is 3. The molecule has 2 heterocycles. The van der Waals surface area contributed by atoms with Crippen molar-refractivity contribution in [2.24, 2.45) is 0 Å². The molecule has 2 aliphatic rings. The first-order chi connectivity index (χ1) is 19.4. The molecule has 1 saturated carbocycles. The Morgan fingerprint density at radius 3 is 2.61 bits per heavy atom. The zero-order valence-electron chi connectivity index (χ0n) is 23.5. The molecule has 3 aromatic rings. The molecule has 11 heteroatoms. The Balaban J connectivity index is 1.36. The lowest BCUT2D eigenvalue weighted by atomic mass is 9.79. The molecule has 3 atom stereocenters. The molecule has 0 radical (unpaired) electrons. The largest absolute Gasteiger partial charge is 0.444 e. The molecule has 41 heavy (non-hydrogen) atoms. The van der Waals surface area contributed by atoms with Gasteiger partial charge in [-0.3, -0.25) is 9.69 Å². The Hall–Kier alpha value is -3.17. The average molecular weight is 603 g/mol. The lowest BCUT2D eigenvalue weighted by Gasteiger charge is -2.28. The maximum atomic E-state index is 14.7. The average Bonchev–Trinajstić information content (AvgIpc) is 3.52. The van der Waals surface area contributed by atoms with E-state index < -0.39 is 35.5 Å². The second kappa shape index (κ2) is 11.6. The molecule has 2 aromatic carbocycles. The van der Waals surface area contributed by atoms with Gasteiger partial charge in [0.25, 0.3) is 0 Å². The van der Waals surface area contributed by atoms with Crippen molar-refractivity contribution in [1.82, 2.24) is 25.2 Å². The van der Waals surface area contributed by atoms with E-state index in [1.165, 1.54) is 41.9 Å². The number of rotatable bonds is 6. The third kappa shape index (κ3) is 6.51. The van der Waals surface area contributed by atoms with Crippen molar-refractivity contribution < 1.29 is 18.7 Å². The van der Waals surface area contributed by atoms with Crippen LogP contribution in [0, 0.1) is 5.82 Å². The predicted molar refractivity (Wildman–Crippen MR) is 155 cm³/mol. The summed E-state index contributed by atoms with van der Waals surface area (Å²) in [5.41, 5.74) is 2.41. The van der Waals surface area contributed by atoms with E-state index in [-0.39, 0.29) is 34.6 Å². The maximum absolute atomic E-state index is 14.7. The number of amides is 2. The third-order valence-electron chi connectivity index (χ3n) is 7.70. The predicted octanol–water partition coefficient (Wildman–Crippen LogP) is 7.09. The van der Waals surface area contributed by atoms with Crippen LogP contribution in [0.5, 0.6) is 0 Å². The van der Waals surface area contributed by atoms with Gasteiger partial charge in [-0.05, 0) is 70.2 Å². The van der Waals surface area contributed by atoms with E-state index in [0.29, 0.717) is 5.92 Å². The van der Waals surface area contributed by atoms with Gasteiger partial charge in [0.05, 0.1) is 23.3 Å². The molecule has 8 nitrogen and oxygen atoms in total. The molecule has 2 unspecified atom stereocenters. The van der Waals surface area contributed by atoms with Crippen molar-refractivity contribution in [3.8, 4) is 11.3 Å². The van der Waals surface area contributed by atoms with Crippen LogP contribution in [0.4, 0.5) is 9.18 Å². The minimum absolute atomic E-state index is 0.134. The number of nitrogens with one attached hydrogen (secondary N) is 1. The van der Waals surface area contributed by atoms with Crippen molar-refractivity contribution >= 4 is 35.2 Å². The molecule has 2 fully saturated rings. The van der Waals surface area contributed by atoms with Crippen LogP contribution in [0.3, 0.4) is 0 Å². The summed E-state index contributed by atoms with van der Waals surface area (Å²) in [7, 11) is 0. The highest BCUT2D eigenvalue weighted by Gasteiger charge is 2.43. The Morgan fingerprint density at radius 2 is 1.93 bits per heavy atom. The Labute approximate surface area is 249 Å². The van der Waals surface area contributed by atoms with Crippen LogP contribution in [-0.2, 0) is 9.53 Å². The van der Waals surface area contributed by atoms with E-state index >= 15 is 0 Å². The molecule has 5 rings (SSSR count). The van der Waals surface area contributed by atoms with Crippen molar-refractivity contribution in [3.63, 3.8) is 0 Å². The Bertz CT molecular complexity index is 1450. The van der Waals surface area contributed by atoms with Crippen molar-refractivity contribution in [1.29, 1.82) is 0 Å². The fraction of sp³-hybridized carbons (Fsp3) is 0.467. The number of aromatic nitrogens is 3. The molecule has 1 saturated heterocycles. The number of ether oxygens (including phenoxy) is 1. The highest BCUT2D eigenvalue weighted by molar-refractivity contribution is 6.34. The molecule has 2 amide bonds. The Kier molecular flexibility index (Phi) is 8.30. The minimum Gasteiger partial charge on any atom is -0.444 e. The van der Waals surface area contributed by atoms with E-state index in [0.717, 1.165) is 11.3 Å². The SMILES string of the molecule is CC(NC(=O)[C@H]1CC(n2cc(-c3cccc(C4CCC4)c3)nn2)CN1C(=O)OC(C)(C)C)c1cc(Cl)cc(Cl)c1F. The van der Waals surface area contributed by atoms with Crippen LogP contribution in [0.15, 0.2) is 42.6 Å². The van der Waals surface area contributed by atoms with Crippen molar-refractivity contribution in [2.45, 2.75) is 83.0 Å². The molecular formula is C30H34Cl2FN5O3. The number of benzene rings is 2. The number of carbonyl (C=O) groups excluding carboxylic acids is 2. The second-order valence-corrected chi connectivity index (χ2v) is 12.7. The number of carbonyl (C=O) groups is 2. The maximum Gasteiger partial charge on any atom is 0.411 e. The van der Waals surface area contributed by atoms with Crippen molar-refractivity contribution in [2.75, 3.05) is 6.54 Å². The normalized spacial score (nSPS) is 20.0. The van der Waals surface area contributed by atoms with Gasteiger partial charge < -0.3 is 10.1 Å². The van der Waals surface area contributed by atoms with Crippen LogP contribution in [0.25, 0.3) is 11.3 Å². The van der Waals surface area contributed by atoms with Gasteiger partial charge in [0.15, 0.2) is 0 Å². The van der Waals surface area contributed by atoms with Crippen molar-refractivity contribution in [3.05, 3.63) is 69.6 Å². The first-order valence-corrected chi connectivity index (χ1v) is 14.6. The molecule has 0 bridgehead atoms. The van der Waals surface area contributed by atoms with Crippen LogP contribution in [0.1, 0.15) is 82.5 Å². The molecule has 1 N–H and O–H groups in total. The zero-order valence-corrected chi connectivity index (χ0v) is 25.0. The first-order valence-electron chi connectivity index (χ1n) is 13.9. The summed E-state index contributed by atoms with van der Waals surface area (Å²) in [6, 6.07) is 9.16. The van der Waals surface area contributed by atoms with Gasteiger partial charge in [0.2, 0.25) is 5.91 Å². The number of nitrogens with zero attached hydrogens (tertiary/aromatic N) is 4. The van der Waals surface area contributed by atoms with Crippen LogP contribution >= 0.6 is 23.2 Å². The lowest BCUT2D eigenvalue weighted by Crippen LogP contribution is -2.48. The van der Waals surface area contributed by atoms with Gasteiger partial charge in [0, 0.05) is 29.1 Å². The van der Waals surface area contributed by atoms with E-state index in [9.17, 15) is 14.0 Å². The summed E-state index contributed by atoms with van der Waals surface area (Å²) in [6.07, 6.45) is 5.19. The summed E-state index contributed by atoms with van der Waals surface area (Å²) in [4.78, 5) is 28.1. The van der Waals surface area contributed by atoms with Crippen LogP contribution in [-0.4, -0.2) is 50.1 Å². The number of hydrogen-bond acceptors (Lipinski definition) is 5. The summed E-state index contributed by atoms with van der Waals surface area (Å²) < 4.78 is 22.0. The second-order valence-electron chi connectivity index (χ2n) is 11.9. The molecular weight excluding hydrogens is 568 g/mol. The van der Waals surface area contributed by atoms with Gasteiger partial charge in [-0.25, -0.2) is 13.9 Å². The fourth-order valence-electron chi connectivity index (χ4n) is 5.34. The topological polar surface area (TPSA) is 89.4 Å². The van der Waals surface area contributed by atoms with E-state index in [2.05, 4.69) is 27.8 Å². The number of hydrogen-bond donors (Lipinski definition) is 1. The number of likely N-dealkylation sites (tertiary alicyclic amines) is 1. The van der Waals surface area contributed by atoms with Gasteiger partial charge in [0.1, 0.15) is 23.2 Å². The molecule has 1 aliphatic carbocycles. The zero-order chi connectivity index (χ0) is 29.5. The van der Waals surface area contributed by atoms with E-state index in [4.69, 9.17) is 27.9 Å². The highest BCUT2D eigenvalue weighted by Crippen LogP contribution is 2.38. The van der Waals surface area contributed by atoms with Gasteiger partial charge in [-0.1, -0.05) is 53.0 Å². The molecule has 218 valence electrons. The van der Waals surface area contributed by atoms with Crippen LogP contribution < -0.4 is 5.32 Å². The van der Waals surface area contributed by atoms with Crippen LogP contribution in [0.2, 0.25) is 10.0 Å². The summed E-state index contributed by atoms with van der Waals surface area (Å²) in [6.45, 7) is 7.13. The monoisotopic (exact) mass is 601 g/mol. The Morgan fingerprint density at radius 1 is 1.17 bits per heavy atom. The van der Waals surface area contributed by atoms with Gasteiger partial charge in [-0.2, -0.15) is 0 Å². The van der Waals surface area contributed by atoms with E-state index in [1.807, 2.05) is 18.3 Å².